The molecule has 0 bridgehead atoms. The van der Waals surface area contributed by atoms with Crippen LogP contribution in [-0.4, -0.2) is 57.5 Å². The number of aliphatic carboxylic acids is 1. The number of amides is 1. The number of hydrogen-bond acceptors (Lipinski definition) is 5. The molecule has 0 saturated carbocycles. The molecule has 0 radical (unpaired) electrons. The van der Waals surface area contributed by atoms with Crippen LogP contribution in [0.2, 0.25) is 0 Å². The second kappa shape index (κ2) is 14.0. The third-order valence-corrected chi connectivity index (χ3v) is 8.37. The topological polar surface area (TPSA) is 105 Å². The van der Waals surface area contributed by atoms with Gasteiger partial charge in [-0.3, -0.25) is 19.3 Å². The Labute approximate surface area is 263 Å². The summed E-state index contributed by atoms with van der Waals surface area (Å²) in [5.41, 5.74) is 5.70. The molecule has 1 aliphatic heterocycles. The number of hydrogen-bond donors (Lipinski definition) is 2. The Balaban J connectivity index is 1.72. The van der Waals surface area contributed by atoms with Gasteiger partial charge in [-0.2, -0.15) is 5.10 Å². The van der Waals surface area contributed by atoms with E-state index in [1.807, 2.05) is 51.7 Å². The Morgan fingerprint density at radius 3 is 2.22 bits per heavy atom. The Bertz CT molecular complexity index is 1620. The highest BCUT2D eigenvalue weighted by molar-refractivity contribution is 5.82. The third-order valence-electron chi connectivity index (χ3n) is 8.37. The Morgan fingerprint density at radius 2 is 1.64 bits per heavy atom. The first-order valence-electron chi connectivity index (χ1n) is 15.5. The minimum absolute atomic E-state index is 0.0197. The van der Waals surface area contributed by atoms with Crippen molar-refractivity contribution in [1.29, 1.82) is 0 Å². The van der Waals surface area contributed by atoms with Gasteiger partial charge in [0, 0.05) is 37.2 Å². The number of aryl methyl sites for hydroxylation is 5. The number of carboxylic acid groups (broad SMARTS) is 1. The van der Waals surface area contributed by atoms with Gasteiger partial charge < -0.3 is 10.4 Å². The van der Waals surface area contributed by atoms with E-state index in [9.17, 15) is 23.9 Å². The van der Waals surface area contributed by atoms with Crippen LogP contribution >= 0.6 is 0 Å². The standard InChI is InChI=1S/C35H44F2N4O4/c1-19(2)10-30(41-35(45)24(7)14-27(39-41)8-9-40-17-26(36)18-40)34(44)38-29(16-31(42)43)28-15-25(13-23(6)33(28)37)32-21(4)11-20(3)12-22(32)5/h11-15,19,26,29-30H,8-10,16-18H2,1-7H3,(H,38,44)(H,42,43). The average Bonchev–Trinajstić information content (AvgIpc) is 2.91. The molecule has 1 amide bonds. The van der Waals surface area contributed by atoms with Gasteiger partial charge in [-0.1, -0.05) is 31.5 Å². The normalized spacial score (nSPS) is 15.2. The molecule has 1 aromatic heterocycles. The van der Waals surface area contributed by atoms with Crippen molar-refractivity contribution in [2.24, 2.45) is 5.92 Å². The molecule has 45 heavy (non-hydrogen) atoms. The zero-order valence-electron chi connectivity index (χ0n) is 27.2. The number of nitrogens with one attached hydrogen (secondary N) is 1. The van der Waals surface area contributed by atoms with E-state index in [-0.39, 0.29) is 17.9 Å². The molecule has 1 saturated heterocycles. The first-order valence-corrected chi connectivity index (χ1v) is 15.5. The van der Waals surface area contributed by atoms with Gasteiger partial charge in [-0.25, -0.2) is 13.5 Å². The summed E-state index contributed by atoms with van der Waals surface area (Å²) in [5, 5.41) is 17.1. The zero-order valence-corrected chi connectivity index (χ0v) is 27.2. The highest BCUT2D eigenvalue weighted by Crippen LogP contribution is 2.34. The van der Waals surface area contributed by atoms with Gasteiger partial charge in [0.05, 0.1) is 18.2 Å². The molecule has 2 atom stereocenters. The second-order valence-corrected chi connectivity index (χ2v) is 12.9. The SMILES string of the molecule is Cc1cc(C)c(-c2cc(C)c(F)c(C(CC(=O)O)NC(=O)C(CC(C)C)n3nc(CCN4CC(F)C4)cc(C)c3=O)c2)c(C)c1. The number of carboxylic acids is 1. The van der Waals surface area contributed by atoms with Crippen LogP contribution in [0.25, 0.3) is 11.1 Å². The van der Waals surface area contributed by atoms with Crippen molar-refractivity contribution in [3.8, 4) is 11.1 Å². The molecule has 1 aliphatic rings. The summed E-state index contributed by atoms with van der Waals surface area (Å²) in [6.07, 6.45) is -0.662. The molecule has 2 unspecified atom stereocenters. The highest BCUT2D eigenvalue weighted by atomic mass is 19.1. The summed E-state index contributed by atoms with van der Waals surface area (Å²) in [7, 11) is 0. The number of carbonyl (C=O) groups excluding carboxylic acids is 1. The van der Waals surface area contributed by atoms with Crippen LogP contribution in [0.3, 0.4) is 0 Å². The predicted molar refractivity (Wildman–Crippen MR) is 171 cm³/mol. The Hall–Kier alpha value is -3.92. The van der Waals surface area contributed by atoms with Gasteiger partial charge in [0.1, 0.15) is 18.0 Å². The van der Waals surface area contributed by atoms with Crippen LogP contribution < -0.4 is 10.9 Å². The van der Waals surface area contributed by atoms with Crippen LogP contribution in [-0.2, 0) is 16.0 Å². The lowest BCUT2D eigenvalue weighted by Gasteiger charge is -2.34. The summed E-state index contributed by atoms with van der Waals surface area (Å²) in [5.74, 6) is -2.44. The Morgan fingerprint density at radius 1 is 1.00 bits per heavy atom. The molecule has 2 heterocycles. The largest absolute Gasteiger partial charge is 0.481 e. The smallest absolute Gasteiger partial charge is 0.305 e. The van der Waals surface area contributed by atoms with Gasteiger partial charge in [0.15, 0.2) is 0 Å². The minimum atomic E-state index is -1.21. The number of carbonyl (C=O) groups is 2. The summed E-state index contributed by atoms with van der Waals surface area (Å²) in [6, 6.07) is 6.85. The number of halogens is 2. The fourth-order valence-corrected chi connectivity index (χ4v) is 6.28. The molecular weight excluding hydrogens is 578 g/mol. The van der Waals surface area contributed by atoms with Crippen LogP contribution in [0.1, 0.15) is 77.8 Å². The predicted octanol–water partition coefficient (Wildman–Crippen LogP) is 5.71. The van der Waals surface area contributed by atoms with E-state index in [1.165, 1.54) is 4.68 Å². The fraction of sp³-hybridized carbons (Fsp3) is 0.486. The second-order valence-electron chi connectivity index (χ2n) is 12.9. The maximum absolute atomic E-state index is 15.8. The third kappa shape index (κ3) is 8.03. The van der Waals surface area contributed by atoms with E-state index >= 15 is 4.39 Å². The fourth-order valence-electron chi connectivity index (χ4n) is 6.28. The summed E-state index contributed by atoms with van der Waals surface area (Å²) >= 11 is 0. The number of nitrogens with zero attached hydrogens (tertiary/aromatic N) is 3. The maximum Gasteiger partial charge on any atom is 0.305 e. The number of benzene rings is 2. The molecular formula is C35H44F2N4O4. The summed E-state index contributed by atoms with van der Waals surface area (Å²) in [6.45, 7) is 14.3. The van der Waals surface area contributed by atoms with Gasteiger partial charge >= 0.3 is 5.97 Å². The van der Waals surface area contributed by atoms with E-state index in [2.05, 4.69) is 10.4 Å². The van der Waals surface area contributed by atoms with Crippen molar-refractivity contribution < 1.29 is 23.5 Å². The van der Waals surface area contributed by atoms with Crippen molar-refractivity contribution in [3.05, 3.63) is 85.6 Å². The van der Waals surface area contributed by atoms with E-state index in [0.29, 0.717) is 42.9 Å². The van der Waals surface area contributed by atoms with Gasteiger partial charge in [-0.05, 0) is 93.0 Å². The molecule has 4 rings (SSSR count). The van der Waals surface area contributed by atoms with Gasteiger partial charge in [-0.15, -0.1) is 0 Å². The summed E-state index contributed by atoms with van der Waals surface area (Å²) < 4.78 is 30.3. The lowest BCUT2D eigenvalue weighted by atomic mass is 9.89. The average molecular weight is 623 g/mol. The van der Waals surface area contributed by atoms with Crippen molar-refractivity contribution in [1.82, 2.24) is 20.0 Å². The van der Waals surface area contributed by atoms with Crippen LogP contribution in [0.15, 0.2) is 35.1 Å². The van der Waals surface area contributed by atoms with E-state index in [0.717, 1.165) is 27.8 Å². The van der Waals surface area contributed by atoms with Crippen LogP contribution in [0, 0.1) is 46.4 Å². The monoisotopic (exact) mass is 622 g/mol. The summed E-state index contributed by atoms with van der Waals surface area (Å²) in [4.78, 5) is 41.3. The maximum atomic E-state index is 15.8. The molecule has 2 N–H and O–H groups in total. The van der Waals surface area contributed by atoms with Crippen molar-refractivity contribution in [2.75, 3.05) is 19.6 Å². The minimum Gasteiger partial charge on any atom is -0.481 e. The number of aromatic nitrogens is 2. The van der Waals surface area contributed by atoms with E-state index in [4.69, 9.17) is 0 Å². The molecule has 3 aromatic rings. The van der Waals surface area contributed by atoms with E-state index < -0.39 is 47.9 Å². The van der Waals surface area contributed by atoms with Crippen molar-refractivity contribution in [2.45, 2.75) is 86.0 Å². The number of alkyl halides is 1. The number of rotatable bonds is 12. The lowest BCUT2D eigenvalue weighted by Crippen LogP contribution is -2.49. The first-order chi connectivity index (χ1) is 21.1. The van der Waals surface area contributed by atoms with Crippen molar-refractivity contribution in [3.63, 3.8) is 0 Å². The van der Waals surface area contributed by atoms with Gasteiger partial charge in [0.25, 0.3) is 5.56 Å². The quantitative estimate of drug-likeness (QED) is 0.268. The zero-order chi connectivity index (χ0) is 33.2. The lowest BCUT2D eigenvalue weighted by molar-refractivity contribution is -0.138. The Kier molecular flexibility index (Phi) is 10.6. The molecule has 10 heteroatoms. The van der Waals surface area contributed by atoms with Crippen LogP contribution in [0.4, 0.5) is 8.78 Å². The van der Waals surface area contributed by atoms with Crippen LogP contribution in [0.5, 0.6) is 0 Å². The van der Waals surface area contributed by atoms with Gasteiger partial charge in [0.2, 0.25) is 5.91 Å². The molecule has 1 fully saturated rings. The first kappa shape index (κ1) is 34.0. The molecule has 2 aromatic carbocycles. The highest BCUT2D eigenvalue weighted by Gasteiger charge is 2.31. The molecule has 8 nitrogen and oxygen atoms in total. The van der Waals surface area contributed by atoms with E-state index in [1.54, 1.807) is 32.0 Å². The molecule has 0 spiro atoms. The molecule has 242 valence electrons. The number of likely N-dealkylation sites (tertiary alicyclic amines) is 1. The van der Waals surface area contributed by atoms with Crippen molar-refractivity contribution >= 4 is 11.9 Å². The molecule has 0 aliphatic carbocycles.